The Hall–Kier alpha value is -5.80. The number of hydrogen-bond acceptors (Lipinski definition) is 3. The zero-order valence-electron chi connectivity index (χ0n) is 24.0. The minimum absolute atomic E-state index is 0.597. The Kier molecular flexibility index (Phi) is 6.35. The van der Waals surface area contributed by atoms with Gasteiger partial charge in [-0.05, 0) is 29.3 Å². The number of aromatic nitrogens is 2. The van der Waals surface area contributed by atoms with E-state index in [-0.39, 0.29) is 0 Å². The quantitative estimate of drug-likeness (QED) is 0.209. The molecular formula is C41H28N2O. The van der Waals surface area contributed by atoms with Crippen molar-refractivity contribution in [2.75, 3.05) is 0 Å². The summed E-state index contributed by atoms with van der Waals surface area (Å²) in [6.45, 7) is 0. The van der Waals surface area contributed by atoms with Crippen molar-refractivity contribution >= 4 is 0 Å². The highest BCUT2D eigenvalue weighted by Crippen LogP contribution is 2.57. The second-order valence-corrected chi connectivity index (χ2v) is 11.0. The molecule has 7 aromatic rings. The van der Waals surface area contributed by atoms with Crippen molar-refractivity contribution in [1.82, 2.24) is 9.97 Å². The number of benzene rings is 6. The number of ether oxygens (including phenoxy) is 1. The predicted octanol–water partition coefficient (Wildman–Crippen LogP) is 9.97. The van der Waals surface area contributed by atoms with Gasteiger partial charge < -0.3 is 4.74 Å². The van der Waals surface area contributed by atoms with Crippen LogP contribution in [0.3, 0.4) is 0 Å². The Morgan fingerprint density at radius 3 is 1.61 bits per heavy atom. The van der Waals surface area contributed by atoms with Gasteiger partial charge in [0.2, 0.25) is 0 Å². The Bertz CT molecular complexity index is 1980. The molecule has 0 aliphatic carbocycles. The second kappa shape index (κ2) is 10.8. The van der Waals surface area contributed by atoms with E-state index in [1.165, 1.54) is 11.1 Å². The van der Waals surface area contributed by atoms with Gasteiger partial charge in [-0.1, -0.05) is 152 Å². The van der Waals surface area contributed by atoms with Gasteiger partial charge in [-0.2, -0.15) is 0 Å². The minimum Gasteiger partial charge on any atom is -0.456 e. The highest BCUT2D eigenvalue weighted by atomic mass is 16.5. The maximum atomic E-state index is 6.89. The molecule has 0 unspecified atom stereocenters. The van der Waals surface area contributed by atoms with Gasteiger partial charge >= 0.3 is 0 Å². The van der Waals surface area contributed by atoms with E-state index in [0.29, 0.717) is 5.82 Å². The molecule has 1 aliphatic heterocycles. The normalized spacial score (nSPS) is 12.9. The number of rotatable bonds is 5. The summed E-state index contributed by atoms with van der Waals surface area (Å²) in [7, 11) is 0. The van der Waals surface area contributed by atoms with Crippen molar-refractivity contribution in [2.24, 2.45) is 0 Å². The first-order valence-electron chi connectivity index (χ1n) is 14.8. The van der Waals surface area contributed by atoms with E-state index in [4.69, 9.17) is 14.7 Å². The fourth-order valence-corrected chi connectivity index (χ4v) is 6.49. The van der Waals surface area contributed by atoms with Gasteiger partial charge in [-0.25, -0.2) is 9.97 Å². The Morgan fingerprint density at radius 1 is 0.432 bits per heavy atom. The molecule has 0 fully saturated rings. The third kappa shape index (κ3) is 4.21. The standard InChI is InChI=1S/C41H28N2O/c1-5-16-29(17-6-1)36-28-37(43-40(42-36)30-18-7-2-8-19-30)33-24-15-26-35-39(33)44-38-27-14-13-25-34(38)41(35,31-20-9-3-10-21-31)32-22-11-4-12-23-32/h1-28H. The van der Waals surface area contributed by atoms with E-state index in [1.807, 2.05) is 42.5 Å². The first-order valence-corrected chi connectivity index (χ1v) is 14.8. The number of fused-ring (bicyclic) bond motifs is 2. The molecule has 0 spiro atoms. The molecule has 0 radical (unpaired) electrons. The summed E-state index contributed by atoms with van der Waals surface area (Å²) in [5.74, 6) is 2.31. The first kappa shape index (κ1) is 25.9. The second-order valence-electron chi connectivity index (χ2n) is 11.0. The largest absolute Gasteiger partial charge is 0.456 e. The van der Waals surface area contributed by atoms with Crippen LogP contribution in [0, 0.1) is 0 Å². The SMILES string of the molecule is c1ccc(-c2cc(-c3cccc4c3Oc3ccccc3C4(c3ccccc3)c3ccccc3)nc(-c3ccccc3)n2)cc1. The molecule has 0 atom stereocenters. The molecule has 0 bridgehead atoms. The van der Waals surface area contributed by atoms with E-state index in [0.717, 1.165) is 50.7 Å². The maximum absolute atomic E-state index is 6.89. The van der Waals surface area contributed by atoms with Crippen LogP contribution < -0.4 is 4.74 Å². The van der Waals surface area contributed by atoms with E-state index >= 15 is 0 Å². The van der Waals surface area contributed by atoms with Crippen LogP contribution in [0.25, 0.3) is 33.9 Å². The van der Waals surface area contributed by atoms with Crippen molar-refractivity contribution < 1.29 is 4.74 Å². The first-order chi connectivity index (χ1) is 21.8. The Balaban J connectivity index is 1.44. The number of hydrogen-bond donors (Lipinski definition) is 0. The summed E-state index contributed by atoms with van der Waals surface area (Å²) in [6.07, 6.45) is 0. The fraction of sp³-hybridized carbons (Fsp3) is 0.0244. The van der Waals surface area contributed by atoms with Crippen LogP contribution in [0.5, 0.6) is 11.5 Å². The number of para-hydroxylation sites is 2. The van der Waals surface area contributed by atoms with E-state index in [9.17, 15) is 0 Å². The lowest BCUT2D eigenvalue weighted by Gasteiger charge is -2.42. The van der Waals surface area contributed by atoms with Gasteiger partial charge in [0.05, 0.1) is 16.8 Å². The van der Waals surface area contributed by atoms with Crippen molar-refractivity contribution in [3.63, 3.8) is 0 Å². The van der Waals surface area contributed by atoms with E-state index in [2.05, 4.69) is 127 Å². The van der Waals surface area contributed by atoms with Crippen molar-refractivity contribution in [2.45, 2.75) is 5.41 Å². The smallest absolute Gasteiger partial charge is 0.160 e. The van der Waals surface area contributed by atoms with Crippen LogP contribution >= 0.6 is 0 Å². The molecule has 1 aliphatic rings. The van der Waals surface area contributed by atoms with Gasteiger partial charge in [0.15, 0.2) is 5.82 Å². The average Bonchev–Trinajstić information content (AvgIpc) is 3.11. The number of nitrogens with zero attached hydrogens (tertiary/aromatic N) is 2. The summed E-state index contributed by atoms with van der Waals surface area (Å²) in [6, 6.07) is 58.8. The summed E-state index contributed by atoms with van der Waals surface area (Å²) < 4.78 is 6.89. The third-order valence-corrected chi connectivity index (χ3v) is 8.44. The summed E-state index contributed by atoms with van der Waals surface area (Å²) in [4.78, 5) is 10.2. The van der Waals surface area contributed by atoms with Crippen LogP contribution in [0.4, 0.5) is 0 Å². The molecule has 6 aromatic carbocycles. The molecule has 208 valence electrons. The predicted molar refractivity (Wildman–Crippen MR) is 177 cm³/mol. The molecular weight excluding hydrogens is 536 g/mol. The summed E-state index contributed by atoms with van der Waals surface area (Å²) >= 11 is 0. The maximum Gasteiger partial charge on any atom is 0.160 e. The lowest BCUT2D eigenvalue weighted by molar-refractivity contribution is 0.436. The molecule has 8 rings (SSSR count). The van der Waals surface area contributed by atoms with Crippen LogP contribution in [-0.2, 0) is 5.41 Å². The molecule has 0 saturated heterocycles. The van der Waals surface area contributed by atoms with Crippen LogP contribution in [0.2, 0.25) is 0 Å². The van der Waals surface area contributed by atoms with Gasteiger partial charge in [0.1, 0.15) is 11.5 Å². The lowest BCUT2D eigenvalue weighted by Crippen LogP contribution is -2.34. The molecule has 2 heterocycles. The van der Waals surface area contributed by atoms with Crippen molar-refractivity contribution in [1.29, 1.82) is 0 Å². The fourth-order valence-electron chi connectivity index (χ4n) is 6.49. The zero-order chi connectivity index (χ0) is 29.3. The Morgan fingerprint density at radius 2 is 0.955 bits per heavy atom. The van der Waals surface area contributed by atoms with E-state index in [1.54, 1.807) is 0 Å². The molecule has 0 N–H and O–H groups in total. The molecule has 1 aromatic heterocycles. The highest BCUT2D eigenvalue weighted by Gasteiger charge is 2.46. The zero-order valence-corrected chi connectivity index (χ0v) is 24.0. The Labute approximate surface area is 257 Å². The molecule has 0 saturated carbocycles. The highest BCUT2D eigenvalue weighted by molar-refractivity contribution is 5.80. The summed E-state index contributed by atoms with van der Waals surface area (Å²) in [5.41, 5.74) is 8.54. The summed E-state index contributed by atoms with van der Waals surface area (Å²) in [5, 5.41) is 0. The molecule has 0 amide bonds. The van der Waals surface area contributed by atoms with Crippen LogP contribution in [0.15, 0.2) is 170 Å². The minimum atomic E-state index is -0.597. The van der Waals surface area contributed by atoms with Gasteiger partial charge in [-0.3, -0.25) is 0 Å². The molecule has 3 heteroatoms. The topological polar surface area (TPSA) is 35.0 Å². The lowest BCUT2D eigenvalue weighted by atomic mass is 9.63. The monoisotopic (exact) mass is 564 g/mol. The van der Waals surface area contributed by atoms with Crippen LogP contribution in [0.1, 0.15) is 22.3 Å². The van der Waals surface area contributed by atoms with Gasteiger partial charge in [0.25, 0.3) is 0 Å². The van der Waals surface area contributed by atoms with Gasteiger partial charge in [0, 0.05) is 27.8 Å². The third-order valence-electron chi connectivity index (χ3n) is 8.44. The van der Waals surface area contributed by atoms with Gasteiger partial charge in [-0.15, -0.1) is 0 Å². The molecule has 3 nitrogen and oxygen atoms in total. The van der Waals surface area contributed by atoms with E-state index < -0.39 is 5.41 Å². The molecule has 44 heavy (non-hydrogen) atoms. The average molecular weight is 565 g/mol. The van der Waals surface area contributed by atoms with Crippen molar-refractivity contribution in [3.05, 3.63) is 192 Å². The van der Waals surface area contributed by atoms with Crippen molar-refractivity contribution in [3.8, 4) is 45.4 Å². The van der Waals surface area contributed by atoms with Crippen LogP contribution in [-0.4, -0.2) is 9.97 Å².